The van der Waals surface area contributed by atoms with Gasteiger partial charge >= 0.3 is 5.97 Å². The Balaban J connectivity index is 1.54. The molecule has 7 heteroatoms. The normalized spacial score (nSPS) is 11.3. The zero-order valence-electron chi connectivity index (χ0n) is 19.5. The molecule has 0 spiro atoms. The van der Waals surface area contributed by atoms with Crippen LogP contribution in [-0.2, 0) is 16.1 Å². The Morgan fingerprint density at radius 2 is 1.65 bits per heavy atom. The molecule has 174 valence electrons. The second-order valence-corrected chi connectivity index (χ2v) is 9.80. The Labute approximate surface area is 203 Å². The third-order valence-corrected chi connectivity index (χ3v) is 6.21. The summed E-state index contributed by atoms with van der Waals surface area (Å²) in [6, 6.07) is 24.8. The van der Waals surface area contributed by atoms with E-state index in [-0.39, 0.29) is 18.2 Å². The van der Waals surface area contributed by atoms with E-state index in [1.165, 1.54) is 0 Å². The number of aromatic nitrogens is 2. The molecule has 0 aliphatic rings. The number of benzene rings is 2. The Bertz CT molecular complexity index is 1240. The van der Waals surface area contributed by atoms with Crippen molar-refractivity contribution >= 4 is 23.2 Å². The number of rotatable bonds is 7. The van der Waals surface area contributed by atoms with E-state index in [1.807, 2.05) is 98.9 Å². The molecule has 2 aromatic carbocycles. The van der Waals surface area contributed by atoms with E-state index in [4.69, 9.17) is 4.74 Å². The van der Waals surface area contributed by atoms with Gasteiger partial charge in [-0.15, -0.1) is 11.3 Å². The van der Waals surface area contributed by atoms with Gasteiger partial charge in [0, 0.05) is 18.2 Å². The highest BCUT2D eigenvalue weighted by Gasteiger charge is 2.28. The van der Waals surface area contributed by atoms with Gasteiger partial charge in [-0.1, -0.05) is 54.6 Å². The number of carbonyl (C=O) groups excluding carboxylic acids is 2. The van der Waals surface area contributed by atoms with Crippen molar-refractivity contribution in [2.75, 3.05) is 6.61 Å². The van der Waals surface area contributed by atoms with Gasteiger partial charge in [-0.05, 0) is 49.9 Å². The monoisotopic (exact) mass is 473 g/mol. The van der Waals surface area contributed by atoms with E-state index in [9.17, 15) is 9.59 Å². The predicted molar refractivity (Wildman–Crippen MR) is 134 cm³/mol. The molecule has 6 nitrogen and oxygen atoms in total. The van der Waals surface area contributed by atoms with Gasteiger partial charge in [0.2, 0.25) is 0 Å². The molecule has 1 amide bonds. The fraction of sp³-hybridized carbons (Fsp3) is 0.222. The Kier molecular flexibility index (Phi) is 6.93. The molecule has 0 bridgehead atoms. The first kappa shape index (κ1) is 23.4. The zero-order chi connectivity index (χ0) is 24.1. The molecule has 0 saturated heterocycles. The van der Waals surface area contributed by atoms with Crippen LogP contribution >= 0.6 is 11.3 Å². The second-order valence-electron chi connectivity index (χ2n) is 8.85. The van der Waals surface area contributed by atoms with Gasteiger partial charge in [-0.3, -0.25) is 4.79 Å². The molecular weight excluding hydrogens is 446 g/mol. The third-order valence-electron chi connectivity index (χ3n) is 5.31. The molecule has 0 unspecified atom stereocenters. The van der Waals surface area contributed by atoms with Gasteiger partial charge in [0.15, 0.2) is 12.3 Å². The lowest BCUT2D eigenvalue weighted by molar-refractivity contribution is -0.140. The minimum absolute atomic E-state index is 0.256. The van der Waals surface area contributed by atoms with E-state index in [0.717, 1.165) is 16.1 Å². The van der Waals surface area contributed by atoms with E-state index in [1.54, 1.807) is 27.0 Å². The van der Waals surface area contributed by atoms with Crippen LogP contribution in [0, 0.1) is 0 Å². The number of hydrogen-bond donors (Lipinski definition) is 0. The molecule has 0 saturated carbocycles. The molecule has 0 N–H and O–H groups in total. The van der Waals surface area contributed by atoms with Gasteiger partial charge in [0.25, 0.3) is 5.91 Å². The van der Waals surface area contributed by atoms with Crippen LogP contribution in [0.3, 0.4) is 0 Å². The molecule has 4 aromatic rings. The Morgan fingerprint density at radius 3 is 2.26 bits per heavy atom. The lowest BCUT2D eigenvalue weighted by Gasteiger charge is -2.35. The molecule has 0 aliphatic heterocycles. The molecule has 0 aliphatic carbocycles. The maximum atomic E-state index is 13.1. The van der Waals surface area contributed by atoms with E-state index in [2.05, 4.69) is 5.10 Å². The first-order valence-electron chi connectivity index (χ1n) is 11.0. The molecule has 34 heavy (non-hydrogen) atoms. The molecular formula is C27H27N3O3S. The average Bonchev–Trinajstić information content (AvgIpc) is 3.51. The van der Waals surface area contributed by atoms with Crippen molar-refractivity contribution in [2.45, 2.75) is 32.9 Å². The van der Waals surface area contributed by atoms with Crippen molar-refractivity contribution in [2.24, 2.45) is 0 Å². The van der Waals surface area contributed by atoms with Crippen molar-refractivity contribution in [3.63, 3.8) is 0 Å². The lowest BCUT2D eigenvalue weighted by atomic mass is 10.0. The number of para-hydroxylation sites is 1. The minimum Gasteiger partial charge on any atom is -0.451 e. The van der Waals surface area contributed by atoms with Crippen molar-refractivity contribution < 1.29 is 14.3 Å². The molecule has 0 radical (unpaired) electrons. The first-order chi connectivity index (χ1) is 16.3. The van der Waals surface area contributed by atoms with Crippen LogP contribution in [0.25, 0.3) is 16.3 Å². The van der Waals surface area contributed by atoms with Crippen molar-refractivity contribution in [1.82, 2.24) is 14.7 Å². The van der Waals surface area contributed by atoms with E-state index >= 15 is 0 Å². The smallest absolute Gasteiger partial charge is 0.357 e. The van der Waals surface area contributed by atoms with Crippen LogP contribution in [0.5, 0.6) is 0 Å². The molecule has 4 rings (SSSR count). The van der Waals surface area contributed by atoms with Crippen LogP contribution in [0.15, 0.2) is 84.2 Å². The molecule has 0 fully saturated rings. The van der Waals surface area contributed by atoms with Crippen molar-refractivity contribution in [1.29, 1.82) is 0 Å². The SMILES string of the molecule is CC(C)(C)N(Cc1ccccc1)C(=O)COC(=O)c1cc(-c2cccs2)nn1-c1ccccc1. The summed E-state index contributed by atoms with van der Waals surface area (Å²) in [7, 11) is 0. The number of carbonyl (C=O) groups is 2. The fourth-order valence-electron chi connectivity index (χ4n) is 3.58. The Morgan fingerprint density at radius 1 is 0.971 bits per heavy atom. The summed E-state index contributed by atoms with van der Waals surface area (Å²) in [5, 5.41) is 6.59. The van der Waals surface area contributed by atoms with Crippen molar-refractivity contribution in [3.05, 3.63) is 95.5 Å². The predicted octanol–water partition coefficient (Wildman–Crippen LogP) is 5.58. The van der Waals surface area contributed by atoms with E-state index < -0.39 is 11.5 Å². The zero-order valence-corrected chi connectivity index (χ0v) is 20.3. The number of ether oxygens (including phenoxy) is 1. The summed E-state index contributed by atoms with van der Waals surface area (Å²) in [6.07, 6.45) is 0. The topological polar surface area (TPSA) is 64.4 Å². The largest absolute Gasteiger partial charge is 0.451 e. The quantitative estimate of drug-likeness (QED) is 0.329. The second kappa shape index (κ2) is 10.1. The number of thiophene rings is 1. The van der Waals surface area contributed by atoms with Gasteiger partial charge in [-0.2, -0.15) is 5.10 Å². The van der Waals surface area contributed by atoms with Crippen LogP contribution in [-0.4, -0.2) is 38.7 Å². The average molecular weight is 474 g/mol. The summed E-state index contributed by atoms with van der Waals surface area (Å²) in [4.78, 5) is 28.9. The number of esters is 1. The highest BCUT2D eigenvalue weighted by molar-refractivity contribution is 7.13. The molecule has 2 heterocycles. The number of hydrogen-bond acceptors (Lipinski definition) is 5. The standard InChI is InChI=1S/C27H27N3O3S/c1-27(2,3)29(18-20-11-6-4-7-12-20)25(31)19-33-26(32)23-17-22(24-15-10-16-34-24)28-30(23)21-13-8-5-9-14-21/h4-17H,18-19H2,1-3H3. The highest BCUT2D eigenvalue weighted by atomic mass is 32.1. The summed E-state index contributed by atoms with van der Waals surface area (Å²) in [5.74, 6) is -0.852. The summed E-state index contributed by atoms with van der Waals surface area (Å²) in [6.45, 7) is 5.98. The van der Waals surface area contributed by atoms with Crippen LogP contribution in [0.2, 0.25) is 0 Å². The maximum Gasteiger partial charge on any atom is 0.357 e. The van der Waals surface area contributed by atoms with Gasteiger partial charge < -0.3 is 9.64 Å². The minimum atomic E-state index is -0.596. The summed E-state index contributed by atoms with van der Waals surface area (Å²) < 4.78 is 7.07. The molecule has 2 aromatic heterocycles. The highest BCUT2D eigenvalue weighted by Crippen LogP contribution is 2.26. The number of amides is 1. The van der Waals surface area contributed by atoms with Crippen LogP contribution in [0.4, 0.5) is 0 Å². The van der Waals surface area contributed by atoms with Gasteiger partial charge in [0.05, 0.1) is 10.6 Å². The van der Waals surface area contributed by atoms with Crippen molar-refractivity contribution in [3.8, 4) is 16.3 Å². The maximum absolute atomic E-state index is 13.1. The van der Waals surface area contributed by atoms with Crippen LogP contribution in [0.1, 0.15) is 36.8 Å². The molecule has 0 atom stereocenters. The summed E-state index contributed by atoms with van der Waals surface area (Å²) >= 11 is 1.54. The summed E-state index contributed by atoms with van der Waals surface area (Å²) in [5.41, 5.74) is 2.27. The Hall–Kier alpha value is -3.71. The fourth-order valence-corrected chi connectivity index (χ4v) is 4.26. The first-order valence-corrected chi connectivity index (χ1v) is 11.9. The van der Waals surface area contributed by atoms with E-state index in [0.29, 0.717) is 12.2 Å². The number of nitrogens with zero attached hydrogens (tertiary/aromatic N) is 3. The van der Waals surface area contributed by atoms with Crippen LogP contribution < -0.4 is 0 Å². The lowest BCUT2D eigenvalue weighted by Crippen LogP contribution is -2.46. The van der Waals surface area contributed by atoms with Gasteiger partial charge in [0.1, 0.15) is 5.69 Å². The third kappa shape index (κ3) is 5.43. The van der Waals surface area contributed by atoms with Gasteiger partial charge in [-0.25, -0.2) is 9.48 Å².